The number of aromatic carboxylic acids is 1. The van der Waals surface area contributed by atoms with Gasteiger partial charge in [-0.1, -0.05) is 17.7 Å². The van der Waals surface area contributed by atoms with E-state index in [1.54, 1.807) is 6.07 Å². The van der Waals surface area contributed by atoms with Crippen LogP contribution in [0.4, 0.5) is 0 Å². The molecule has 1 heterocycles. The van der Waals surface area contributed by atoms with Crippen molar-refractivity contribution in [3.05, 3.63) is 45.3 Å². The highest BCUT2D eigenvalue weighted by molar-refractivity contribution is 6.34. The van der Waals surface area contributed by atoms with Crippen LogP contribution in [0.1, 0.15) is 10.6 Å². The van der Waals surface area contributed by atoms with Crippen LogP contribution >= 0.6 is 11.6 Å². The zero-order chi connectivity index (χ0) is 11.0. The first-order valence-electron chi connectivity index (χ1n) is 4.05. The quantitative estimate of drug-likeness (QED) is 0.806. The summed E-state index contributed by atoms with van der Waals surface area (Å²) in [4.78, 5) is 22.1. The number of hydrogen-bond donors (Lipinski definition) is 1. The van der Waals surface area contributed by atoms with Crippen LogP contribution in [0.25, 0.3) is 11.0 Å². The smallest absolute Gasteiger partial charge is 0.371 e. The van der Waals surface area contributed by atoms with Crippen molar-refractivity contribution in [3.63, 3.8) is 0 Å². The first-order valence-corrected chi connectivity index (χ1v) is 4.43. The molecule has 0 aliphatic rings. The molecule has 0 unspecified atom stereocenters. The van der Waals surface area contributed by atoms with Gasteiger partial charge in [-0.05, 0) is 12.1 Å². The second kappa shape index (κ2) is 3.40. The van der Waals surface area contributed by atoms with E-state index in [2.05, 4.69) is 0 Å². The molecule has 0 atom stereocenters. The van der Waals surface area contributed by atoms with E-state index >= 15 is 0 Å². The molecule has 0 amide bonds. The molecule has 0 bridgehead atoms. The van der Waals surface area contributed by atoms with Crippen molar-refractivity contribution in [1.29, 1.82) is 0 Å². The van der Waals surface area contributed by atoms with Crippen molar-refractivity contribution in [2.75, 3.05) is 0 Å². The SMILES string of the molecule is O=C(O)c1cc(=O)c2cccc(Cl)c2o1. The lowest BCUT2D eigenvalue weighted by atomic mass is 10.2. The van der Waals surface area contributed by atoms with Crippen molar-refractivity contribution < 1.29 is 14.3 Å². The van der Waals surface area contributed by atoms with E-state index in [-0.39, 0.29) is 16.0 Å². The van der Waals surface area contributed by atoms with Crippen LogP contribution < -0.4 is 5.43 Å². The van der Waals surface area contributed by atoms with E-state index in [1.807, 2.05) is 0 Å². The second-order valence-electron chi connectivity index (χ2n) is 2.90. The van der Waals surface area contributed by atoms with Crippen LogP contribution in [0.5, 0.6) is 0 Å². The van der Waals surface area contributed by atoms with E-state index in [0.29, 0.717) is 0 Å². The first kappa shape index (κ1) is 9.73. The minimum Gasteiger partial charge on any atom is -0.475 e. The van der Waals surface area contributed by atoms with Crippen LogP contribution in [0.2, 0.25) is 5.02 Å². The Morgan fingerprint density at radius 2 is 2.13 bits per heavy atom. The van der Waals surface area contributed by atoms with Gasteiger partial charge in [0, 0.05) is 6.07 Å². The maximum Gasteiger partial charge on any atom is 0.371 e. The Kier molecular flexibility index (Phi) is 2.21. The van der Waals surface area contributed by atoms with Crippen molar-refractivity contribution in [1.82, 2.24) is 0 Å². The molecule has 0 aliphatic carbocycles. The number of carbonyl (C=O) groups is 1. The molecule has 4 nitrogen and oxygen atoms in total. The Morgan fingerprint density at radius 3 is 2.80 bits per heavy atom. The average molecular weight is 225 g/mol. The van der Waals surface area contributed by atoms with E-state index in [1.165, 1.54) is 12.1 Å². The molecular weight excluding hydrogens is 220 g/mol. The topological polar surface area (TPSA) is 67.5 Å². The van der Waals surface area contributed by atoms with Gasteiger partial charge in [-0.15, -0.1) is 0 Å². The predicted molar refractivity (Wildman–Crippen MR) is 54.5 cm³/mol. The van der Waals surface area contributed by atoms with E-state index in [4.69, 9.17) is 21.1 Å². The minimum absolute atomic E-state index is 0.101. The van der Waals surface area contributed by atoms with Gasteiger partial charge in [-0.2, -0.15) is 0 Å². The summed E-state index contributed by atoms with van der Waals surface area (Å²) in [6.45, 7) is 0. The van der Waals surface area contributed by atoms with Crippen LogP contribution in [0.15, 0.2) is 33.5 Å². The van der Waals surface area contributed by atoms with Gasteiger partial charge in [-0.3, -0.25) is 4.79 Å². The van der Waals surface area contributed by atoms with E-state index in [9.17, 15) is 9.59 Å². The lowest BCUT2D eigenvalue weighted by molar-refractivity contribution is 0.0663. The molecule has 5 heteroatoms. The number of halogens is 1. The molecule has 1 aromatic carbocycles. The molecule has 0 saturated carbocycles. The Balaban J connectivity index is 2.92. The van der Waals surface area contributed by atoms with Crippen LogP contribution in [-0.2, 0) is 0 Å². The summed E-state index contributed by atoms with van der Waals surface area (Å²) in [7, 11) is 0. The van der Waals surface area contributed by atoms with Gasteiger partial charge in [0.15, 0.2) is 11.0 Å². The fourth-order valence-corrected chi connectivity index (χ4v) is 1.46. The summed E-state index contributed by atoms with van der Waals surface area (Å²) >= 11 is 5.78. The molecule has 1 N–H and O–H groups in total. The lowest BCUT2D eigenvalue weighted by Gasteiger charge is -1.99. The van der Waals surface area contributed by atoms with Crippen LogP contribution in [0.3, 0.4) is 0 Å². The number of benzene rings is 1. The molecule has 0 radical (unpaired) electrons. The summed E-state index contributed by atoms with van der Waals surface area (Å²) in [6.07, 6.45) is 0. The zero-order valence-electron chi connectivity index (χ0n) is 7.36. The zero-order valence-corrected chi connectivity index (χ0v) is 8.12. The van der Waals surface area contributed by atoms with Crippen molar-refractivity contribution in [3.8, 4) is 0 Å². The molecule has 1 aromatic heterocycles. The third-order valence-electron chi connectivity index (χ3n) is 1.92. The monoisotopic (exact) mass is 224 g/mol. The van der Waals surface area contributed by atoms with E-state index in [0.717, 1.165) is 6.07 Å². The van der Waals surface area contributed by atoms with Crippen molar-refractivity contribution in [2.24, 2.45) is 0 Å². The molecular formula is C10H5ClO4. The maximum atomic E-state index is 11.5. The maximum absolute atomic E-state index is 11.5. The number of fused-ring (bicyclic) bond motifs is 1. The Labute approximate surface area is 88.7 Å². The number of carboxylic acid groups (broad SMARTS) is 1. The van der Waals surface area contributed by atoms with Gasteiger partial charge in [0.1, 0.15) is 0 Å². The van der Waals surface area contributed by atoms with Crippen molar-refractivity contribution in [2.45, 2.75) is 0 Å². The Hall–Kier alpha value is -1.81. The van der Waals surface area contributed by atoms with Gasteiger partial charge < -0.3 is 9.52 Å². The number of hydrogen-bond acceptors (Lipinski definition) is 3. The standard InChI is InChI=1S/C10H5ClO4/c11-6-3-1-2-5-7(12)4-8(10(13)14)15-9(5)6/h1-4H,(H,13,14). The molecule has 2 aromatic rings. The average Bonchev–Trinajstić information content (AvgIpc) is 2.19. The molecule has 15 heavy (non-hydrogen) atoms. The fraction of sp³-hybridized carbons (Fsp3) is 0. The van der Waals surface area contributed by atoms with Crippen LogP contribution in [-0.4, -0.2) is 11.1 Å². The lowest BCUT2D eigenvalue weighted by Crippen LogP contribution is -2.06. The summed E-state index contributed by atoms with van der Waals surface area (Å²) in [6, 6.07) is 5.58. The molecule has 76 valence electrons. The Bertz CT molecular complexity index is 600. The highest BCUT2D eigenvalue weighted by Gasteiger charge is 2.11. The highest BCUT2D eigenvalue weighted by Crippen LogP contribution is 2.21. The normalized spacial score (nSPS) is 10.5. The second-order valence-corrected chi connectivity index (χ2v) is 3.30. The summed E-state index contributed by atoms with van der Waals surface area (Å²) in [5, 5.41) is 9.17. The van der Waals surface area contributed by atoms with Gasteiger partial charge in [-0.25, -0.2) is 4.79 Å². The summed E-state index contributed by atoms with van der Waals surface area (Å²) < 4.78 is 5.00. The predicted octanol–water partition coefficient (Wildman–Crippen LogP) is 2.14. The van der Waals surface area contributed by atoms with Crippen LogP contribution in [0, 0.1) is 0 Å². The Morgan fingerprint density at radius 1 is 1.40 bits per heavy atom. The molecule has 0 fully saturated rings. The summed E-state index contributed by atoms with van der Waals surface area (Å²) in [5.74, 6) is -1.71. The van der Waals surface area contributed by atoms with Gasteiger partial charge in [0.25, 0.3) is 0 Å². The highest BCUT2D eigenvalue weighted by atomic mass is 35.5. The van der Waals surface area contributed by atoms with Crippen molar-refractivity contribution >= 4 is 28.5 Å². The molecule has 2 rings (SSSR count). The number of carboxylic acids is 1. The number of para-hydroxylation sites is 1. The molecule has 0 aliphatic heterocycles. The van der Waals surface area contributed by atoms with Gasteiger partial charge in [0.2, 0.25) is 5.76 Å². The van der Waals surface area contributed by atoms with Gasteiger partial charge >= 0.3 is 5.97 Å². The first-order chi connectivity index (χ1) is 7.09. The summed E-state index contributed by atoms with van der Waals surface area (Å²) in [5.41, 5.74) is -0.319. The molecule has 0 saturated heterocycles. The van der Waals surface area contributed by atoms with Gasteiger partial charge in [0.05, 0.1) is 10.4 Å². The third-order valence-corrected chi connectivity index (χ3v) is 2.22. The largest absolute Gasteiger partial charge is 0.475 e. The number of rotatable bonds is 1. The minimum atomic E-state index is -1.30. The molecule has 0 spiro atoms. The van der Waals surface area contributed by atoms with E-state index < -0.39 is 17.2 Å². The fourth-order valence-electron chi connectivity index (χ4n) is 1.25. The third kappa shape index (κ3) is 1.59.